The van der Waals surface area contributed by atoms with Crippen LogP contribution in [-0.2, 0) is 9.47 Å². The summed E-state index contributed by atoms with van der Waals surface area (Å²) < 4.78 is 37.6. The number of amides is 2. The van der Waals surface area contributed by atoms with Crippen LogP contribution in [0.5, 0.6) is 0 Å². The topological polar surface area (TPSA) is 81.9 Å². The Morgan fingerprint density at radius 1 is 0.958 bits per heavy atom. The molecule has 0 spiro atoms. The quantitative estimate of drug-likeness (QED) is 0.771. The van der Waals surface area contributed by atoms with Crippen LogP contribution in [0, 0.1) is 11.6 Å². The third kappa shape index (κ3) is 5.36. The molecule has 8 heteroatoms. The molecule has 24 heavy (non-hydrogen) atoms. The van der Waals surface area contributed by atoms with Gasteiger partial charge in [-0.15, -0.1) is 0 Å². The molecule has 0 atom stereocenters. The Hall–Kier alpha value is -2.38. The molecule has 0 aliphatic heterocycles. The second-order valence-corrected chi connectivity index (χ2v) is 7.12. The summed E-state index contributed by atoms with van der Waals surface area (Å²) in [5.74, 6) is -2.13. The summed E-state index contributed by atoms with van der Waals surface area (Å²) in [4.78, 5) is 25.0. The van der Waals surface area contributed by atoms with E-state index in [1.165, 1.54) is 0 Å². The van der Waals surface area contributed by atoms with E-state index < -0.39 is 46.4 Å². The molecule has 0 unspecified atom stereocenters. The van der Waals surface area contributed by atoms with E-state index in [1.54, 1.807) is 41.5 Å². The summed E-state index contributed by atoms with van der Waals surface area (Å²) in [6, 6.07) is 1.30. The van der Waals surface area contributed by atoms with Gasteiger partial charge in [0.25, 0.3) is 0 Å². The SMILES string of the molecule is CC(C)(C)OC(=O)N(C(=O)OC(C)(C)C)c1c(N)cc(F)cc1F. The van der Waals surface area contributed by atoms with Crippen molar-refractivity contribution in [3.05, 3.63) is 23.8 Å². The highest BCUT2D eigenvalue weighted by Crippen LogP contribution is 2.31. The summed E-state index contributed by atoms with van der Waals surface area (Å²) in [6.07, 6.45) is -2.37. The van der Waals surface area contributed by atoms with E-state index in [0.29, 0.717) is 11.0 Å². The highest BCUT2D eigenvalue weighted by molar-refractivity contribution is 6.11. The molecule has 0 aliphatic carbocycles. The fraction of sp³-hybridized carbons (Fsp3) is 0.500. The number of hydrogen-bond donors (Lipinski definition) is 1. The number of carbonyl (C=O) groups excluding carboxylic acids is 2. The largest absolute Gasteiger partial charge is 0.443 e. The van der Waals surface area contributed by atoms with Crippen molar-refractivity contribution in [3.63, 3.8) is 0 Å². The van der Waals surface area contributed by atoms with Gasteiger partial charge in [0.05, 0.1) is 5.69 Å². The molecular weight excluding hydrogens is 322 g/mol. The van der Waals surface area contributed by atoms with Crippen LogP contribution in [0.3, 0.4) is 0 Å². The van der Waals surface area contributed by atoms with Crippen LogP contribution in [-0.4, -0.2) is 23.4 Å². The highest BCUT2D eigenvalue weighted by atomic mass is 19.1. The standard InChI is InChI=1S/C16H22F2N2O4/c1-15(2,3)23-13(21)20(14(22)24-16(4,5)6)12-10(18)7-9(17)8-11(12)19/h7-8H,19H2,1-6H3. The second kappa shape index (κ2) is 6.62. The third-order valence-corrected chi connectivity index (χ3v) is 2.43. The molecule has 0 aromatic heterocycles. The van der Waals surface area contributed by atoms with Gasteiger partial charge in [0.2, 0.25) is 0 Å². The fourth-order valence-electron chi connectivity index (χ4n) is 1.69. The number of benzene rings is 1. The number of nitrogens with zero attached hydrogens (tertiary/aromatic N) is 1. The molecule has 0 heterocycles. The lowest BCUT2D eigenvalue weighted by Crippen LogP contribution is -2.44. The van der Waals surface area contributed by atoms with Gasteiger partial charge in [0.15, 0.2) is 5.82 Å². The maximum Gasteiger partial charge on any atom is 0.424 e. The van der Waals surface area contributed by atoms with Gasteiger partial charge in [-0.3, -0.25) is 0 Å². The molecule has 6 nitrogen and oxygen atoms in total. The smallest absolute Gasteiger partial charge is 0.424 e. The van der Waals surface area contributed by atoms with E-state index in [9.17, 15) is 18.4 Å². The van der Waals surface area contributed by atoms with Crippen LogP contribution in [0.4, 0.5) is 29.7 Å². The van der Waals surface area contributed by atoms with E-state index >= 15 is 0 Å². The van der Waals surface area contributed by atoms with Crippen molar-refractivity contribution in [3.8, 4) is 0 Å². The molecule has 0 saturated carbocycles. The zero-order valence-electron chi connectivity index (χ0n) is 14.6. The molecule has 0 saturated heterocycles. The molecule has 1 rings (SSSR count). The van der Waals surface area contributed by atoms with Gasteiger partial charge in [-0.1, -0.05) is 0 Å². The Morgan fingerprint density at radius 2 is 1.38 bits per heavy atom. The van der Waals surface area contributed by atoms with Crippen molar-refractivity contribution in [2.45, 2.75) is 52.7 Å². The van der Waals surface area contributed by atoms with E-state index in [2.05, 4.69) is 0 Å². The average molecular weight is 344 g/mol. The maximum absolute atomic E-state index is 14.2. The minimum absolute atomic E-state index is 0.320. The molecule has 2 amide bonds. The lowest BCUT2D eigenvalue weighted by atomic mass is 10.2. The van der Waals surface area contributed by atoms with E-state index in [-0.39, 0.29) is 0 Å². The first-order valence-electron chi connectivity index (χ1n) is 7.22. The third-order valence-electron chi connectivity index (χ3n) is 2.43. The molecule has 0 fully saturated rings. The normalized spacial score (nSPS) is 11.8. The second-order valence-electron chi connectivity index (χ2n) is 7.12. The number of rotatable bonds is 1. The van der Waals surface area contributed by atoms with Gasteiger partial charge >= 0.3 is 12.2 Å². The van der Waals surface area contributed by atoms with Crippen LogP contribution in [0.1, 0.15) is 41.5 Å². The Morgan fingerprint density at radius 3 is 1.71 bits per heavy atom. The zero-order chi connectivity index (χ0) is 18.9. The summed E-state index contributed by atoms with van der Waals surface area (Å²) in [5.41, 5.74) is 2.61. The Kier molecular flexibility index (Phi) is 5.43. The van der Waals surface area contributed by atoms with Gasteiger partial charge in [-0.25, -0.2) is 18.4 Å². The molecule has 0 aliphatic rings. The van der Waals surface area contributed by atoms with Crippen LogP contribution in [0.15, 0.2) is 12.1 Å². The first kappa shape index (κ1) is 19.7. The molecule has 0 bridgehead atoms. The average Bonchev–Trinajstić information content (AvgIpc) is 2.28. The zero-order valence-corrected chi connectivity index (χ0v) is 14.6. The maximum atomic E-state index is 14.2. The van der Waals surface area contributed by atoms with Crippen LogP contribution in [0.25, 0.3) is 0 Å². The summed E-state index contributed by atoms with van der Waals surface area (Å²) in [7, 11) is 0. The highest BCUT2D eigenvalue weighted by Gasteiger charge is 2.35. The lowest BCUT2D eigenvalue weighted by molar-refractivity contribution is 0.0429. The Labute approximate surface area is 139 Å². The van der Waals surface area contributed by atoms with Crippen molar-refractivity contribution in [1.82, 2.24) is 0 Å². The van der Waals surface area contributed by atoms with Gasteiger partial charge < -0.3 is 15.2 Å². The van der Waals surface area contributed by atoms with E-state index in [0.717, 1.165) is 6.07 Å². The molecule has 1 aromatic rings. The first-order chi connectivity index (χ1) is 10.7. The number of halogens is 2. The lowest BCUT2D eigenvalue weighted by Gasteiger charge is -2.29. The summed E-state index contributed by atoms with van der Waals surface area (Å²) >= 11 is 0. The number of imide groups is 1. The predicted octanol–water partition coefficient (Wildman–Crippen LogP) is 4.22. The Bertz CT molecular complexity index is 597. The van der Waals surface area contributed by atoms with Gasteiger partial charge in [-0.05, 0) is 47.6 Å². The minimum Gasteiger partial charge on any atom is -0.443 e. The van der Waals surface area contributed by atoms with Crippen molar-refractivity contribution in [2.24, 2.45) is 0 Å². The molecule has 0 radical (unpaired) electrons. The number of nitrogen functional groups attached to an aromatic ring is 1. The molecule has 134 valence electrons. The molecular formula is C16H22F2N2O4. The van der Waals surface area contributed by atoms with Crippen molar-refractivity contribution in [2.75, 3.05) is 10.6 Å². The van der Waals surface area contributed by atoms with Crippen LogP contribution in [0.2, 0.25) is 0 Å². The van der Waals surface area contributed by atoms with E-state index in [1.807, 2.05) is 0 Å². The number of ether oxygens (including phenoxy) is 2. The number of carbonyl (C=O) groups is 2. The Balaban J connectivity index is 3.39. The monoisotopic (exact) mass is 344 g/mol. The first-order valence-corrected chi connectivity index (χ1v) is 7.22. The minimum atomic E-state index is -1.19. The van der Waals surface area contributed by atoms with Gasteiger partial charge in [-0.2, -0.15) is 4.90 Å². The number of hydrogen-bond acceptors (Lipinski definition) is 5. The number of nitrogens with two attached hydrogens (primary N) is 1. The van der Waals surface area contributed by atoms with Crippen molar-refractivity contribution >= 4 is 23.6 Å². The van der Waals surface area contributed by atoms with Crippen LogP contribution >= 0.6 is 0 Å². The van der Waals surface area contributed by atoms with Gasteiger partial charge in [0, 0.05) is 6.07 Å². The van der Waals surface area contributed by atoms with Crippen molar-refractivity contribution < 1.29 is 27.8 Å². The fourth-order valence-corrected chi connectivity index (χ4v) is 1.69. The molecule has 2 N–H and O–H groups in total. The summed E-state index contributed by atoms with van der Waals surface area (Å²) in [5, 5.41) is 0. The predicted molar refractivity (Wildman–Crippen MR) is 85.7 cm³/mol. The van der Waals surface area contributed by atoms with Crippen LogP contribution < -0.4 is 10.6 Å². The van der Waals surface area contributed by atoms with Gasteiger partial charge in [0.1, 0.15) is 22.7 Å². The van der Waals surface area contributed by atoms with E-state index in [4.69, 9.17) is 15.2 Å². The number of anilines is 2. The molecule has 1 aromatic carbocycles. The van der Waals surface area contributed by atoms with Crippen molar-refractivity contribution in [1.29, 1.82) is 0 Å². The summed E-state index contributed by atoms with van der Waals surface area (Å²) in [6.45, 7) is 9.43.